The van der Waals surface area contributed by atoms with Crippen LogP contribution in [0.2, 0.25) is 0 Å². The largest absolute Gasteiger partial charge is 0.464 e. The molecule has 0 amide bonds. The van der Waals surface area contributed by atoms with Gasteiger partial charge >= 0.3 is 5.97 Å². The summed E-state index contributed by atoms with van der Waals surface area (Å²) in [5.74, 6) is -0.228. The first-order valence-corrected chi connectivity index (χ1v) is 8.23. The molecule has 0 bridgehead atoms. The number of ether oxygens (including phenoxy) is 1. The van der Waals surface area contributed by atoms with Gasteiger partial charge in [-0.25, -0.2) is 4.79 Å². The van der Waals surface area contributed by atoms with Gasteiger partial charge in [-0.1, -0.05) is 66.7 Å². The van der Waals surface area contributed by atoms with Crippen molar-refractivity contribution in [1.29, 1.82) is 0 Å². The van der Waals surface area contributed by atoms with Crippen molar-refractivity contribution >= 4 is 22.4 Å². The predicted octanol–water partition coefficient (Wildman–Crippen LogP) is 4.43. The highest BCUT2D eigenvalue weighted by atomic mass is 16.5. The lowest BCUT2D eigenvalue weighted by Gasteiger charge is -2.20. The van der Waals surface area contributed by atoms with Crippen LogP contribution in [0.4, 0.5) is 5.69 Å². The maximum atomic E-state index is 12.4. The van der Waals surface area contributed by atoms with Gasteiger partial charge in [0, 0.05) is 17.5 Å². The van der Waals surface area contributed by atoms with E-state index in [9.17, 15) is 4.79 Å². The van der Waals surface area contributed by atoms with Crippen LogP contribution in [0.5, 0.6) is 0 Å². The van der Waals surface area contributed by atoms with Crippen molar-refractivity contribution in [2.75, 3.05) is 11.9 Å². The lowest BCUT2D eigenvalue weighted by atomic mass is 10.0. The molecule has 0 aliphatic carbocycles. The molecule has 1 N–H and O–H groups in total. The second-order valence-electron chi connectivity index (χ2n) is 5.67. The van der Waals surface area contributed by atoms with Crippen LogP contribution in [0.15, 0.2) is 72.8 Å². The molecule has 0 aliphatic rings. The molecule has 3 heteroatoms. The van der Waals surface area contributed by atoms with Crippen LogP contribution in [-0.4, -0.2) is 18.6 Å². The van der Waals surface area contributed by atoms with E-state index in [1.807, 2.05) is 61.5 Å². The number of hydrogen-bond donors (Lipinski definition) is 1. The zero-order valence-corrected chi connectivity index (χ0v) is 13.7. The van der Waals surface area contributed by atoms with Gasteiger partial charge in [-0.05, 0) is 23.9 Å². The van der Waals surface area contributed by atoms with Gasteiger partial charge in [0.05, 0.1) is 6.61 Å². The molecule has 0 spiro atoms. The minimum absolute atomic E-state index is 0.228. The number of rotatable bonds is 6. The molecule has 3 aromatic rings. The lowest BCUT2D eigenvalue weighted by Crippen LogP contribution is -2.33. The summed E-state index contributed by atoms with van der Waals surface area (Å²) >= 11 is 0. The van der Waals surface area contributed by atoms with E-state index in [1.165, 1.54) is 0 Å². The smallest absolute Gasteiger partial charge is 0.328 e. The van der Waals surface area contributed by atoms with E-state index in [0.717, 1.165) is 22.0 Å². The van der Waals surface area contributed by atoms with Crippen LogP contribution in [-0.2, 0) is 16.0 Å². The number of fused-ring (bicyclic) bond motifs is 1. The first-order chi connectivity index (χ1) is 11.8. The highest BCUT2D eigenvalue weighted by Crippen LogP contribution is 2.24. The Hall–Kier alpha value is -2.81. The summed E-state index contributed by atoms with van der Waals surface area (Å²) in [5.41, 5.74) is 2.05. The number of benzene rings is 3. The Morgan fingerprint density at radius 3 is 2.46 bits per heavy atom. The Morgan fingerprint density at radius 2 is 1.67 bits per heavy atom. The quantitative estimate of drug-likeness (QED) is 0.683. The molecule has 122 valence electrons. The number of carbonyl (C=O) groups excluding carboxylic acids is 1. The summed E-state index contributed by atoms with van der Waals surface area (Å²) in [6.45, 7) is 2.21. The molecule has 0 saturated heterocycles. The SMILES string of the molecule is CCOC(=O)C(Cc1ccccc1)Nc1cccc2ccccc12. The van der Waals surface area contributed by atoms with E-state index < -0.39 is 6.04 Å². The zero-order valence-electron chi connectivity index (χ0n) is 13.7. The maximum absolute atomic E-state index is 12.4. The normalized spacial score (nSPS) is 11.9. The minimum Gasteiger partial charge on any atom is -0.464 e. The Labute approximate surface area is 142 Å². The molecule has 0 heterocycles. The topological polar surface area (TPSA) is 38.3 Å². The van der Waals surface area contributed by atoms with Crippen LogP contribution in [0.1, 0.15) is 12.5 Å². The fraction of sp³-hybridized carbons (Fsp3) is 0.190. The second-order valence-corrected chi connectivity index (χ2v) is 5.67. The standard InChI is InChI=1S/C21H21NO2/c1-2-24-21(23)20(15-16-9-4-3-5-10-16)22-19-14-8-12-17-11-6-7-13-18(17)19/h3-14,20,22H,2,15H2,1H3. The molecule has 24 heavy (non-hydrogen) atoms. The van der Waals surface area contributed by atoms with E-state index in [-0.39, 0.29) is 5.97 Å². The van der Waals surface area contributed by atoms with Crippen molar-refractivity contribution in [3.8, 4) is 0 Å². The molecule has 3 rings (SSSR count). The zero-order chi connectivity index (χ0) is 16.8. The van der Waals surface area contributed by atoms with Crippen molar-refractivity contribution < 1.29 is 9.53 Å². The van der Waals surface area contributed by atoms with Gasteiger partial charge in [0.2, 0.25) is 0 Å². The van der Waals surface area contributed by atoms with Crippen molar-refractivity contribution in [2.24, 2.45) is 0 Å². The Morgan fingerprint density at radius 1 is 0.958 bits per heavy atom. The number of esters is 1. The predicted molar refractivity (Wildman–Crippen MR) is 98.1 cm³/mol. The Bertz CT molecular complexity index is 809. The number of nitrogens with one attached hydrogen (secondary N) is 1. The number of hydrogen-bond acceptors (Lipinski definition) is 3. The molecular formula is C21H21NO2. The highest BCUT2D eigenvalue weighted by Gasteiger charge is 2.20. The Balaban J connectivity index is 1.89. The average Bonchev–Trinajstić information content (AvgIpc) is 2.62. The fourth-order valence-corrected chi connectivity index (χ4v) is 2.82. The van der Waals surface area contributed by atoms with Gasteiger partial charge in [-0.3, -0.25) is 0 Å². The van der Waals surface area contributed by atoms with Crippen LogP contribution < -0.4 is 5.32 Å². The molecule has 0 aliphatic heterocycles. The summed E-state index contributed by atoms with van der Waals surface area (Å²) in [6.07, 6.45) is 0.586. The first-order valence-electron chi connectivity index (χ1n) is 8.23. The molecule has 1 unspecified atom stereocenters. The second kappa shape index (κ2) is 7.64. The molecule has 0 radical (unpaired) electrons. The summed E-state index contributed by atoms with van der Waals surface area (Å²) in [5, 5.41) is 5.62. The molecule has 0 saturated carbocycles. The number of carbonyl (C=O) groups is 1. The van der Waals surface area contributed by atoms with E-state index in [0.29, 0.717) is 13.0 Å². The van der Waals surface area contributed by atoms with E-state index in [2.05, 4.69) is 23.5 Å². The first kappa shape index (κ1) is 16.1. The molecule has 3 aromatic carbocycles. The van der Waals surface area contributed by atoms with Crippen LogP contribution in [0.3, 0.4) is 0 Å². The van der Waals surface area contributed by atoms with Crippen LogP contribution in [0, 0.1) is 0 Å². The minimum atomic E-state index is -0.418. The van der Waals surface area contributed by atoms with E-state index in [4.69, 9.17) is 4.74 Å². The third-order valence-corrected chi connectivity index (χ3v) is 3.97. The highest BCUT2D eigenvalue weighted by molar-refractivity contribution is 5.95. The van der Waals surface area contributed by atoms with E-state index in [1.54, 1.807) is 0 Å². The lowest BCUT2D eigenvalue weighted by molar-refractivity contribution is -0.144. The molecular weight excluding hydrogens is 298 g/mol. The average molecular weight is 319 g/mol. The van der Waals surface area contributed by atoms with Crippen LogP contribution >= 0.6 is 0 Å². The van der Waals surface area contributed by atoms with Gasteiger partial charge in [0.25, 0.3) is 0 Å². The summed E-state index contributed by atoms with van der Waals surface area (Å²) in [7, 11) is 0. The monoisotopic (exact) mass is 319 g/mol. The molecule has 3 nitrogen and oxygen atoms in total. The van der Waals surface area contributed by atoms with Gasteiger partial charge in [-0.15, -0.1) is 0 Å². The van der Waals surface area contributed by atoms with Crippen molar-refractivity contribution in [3.63, 3.8) is 0 Å². The van der Waals surface area contributed by atoms with Crippen molar-refractivity contribution in [2.45, 2.75) is 19.4 Å². The van der Waals surface area contributed by atoms with Gasteiger partial charge < -0.3 is 10.1 Å². The maximum Gasteiger partial charge on any atom is 0.328 e. The summed E-state index contributed by atoms with van der Waals surface area (Å²) in [6, 6.07) is 23.8. The molecule has 0 aromatic heterocycles. The summed E-state index contributed by atoms with van der Waals surface area (Å²) < 4.78 is 5.26. The third kappa shape index (κ3) is 3.74. The van der Waals surface area contributed by atoms with Gasteiger partial charge in [-0.2, -0.15) is 0 Å². The van der Waals surface area contributed by atoms with Crippen molar-refractivity contribution in [1.82, 2.24) is 0 Å². The van der Waals surface area contributed by atoms with Gasteiger partial charge in [0.1, 0.15) is 6.04 Å². The van der Waals surface area contributed by atoms with Crippen LogP contribution in [0.25, 0.3) is 10.8 Å². The van der Waals surface area contributed by atoms with Crippen molar-refractivity contribution in [3.05, 3.63) is 78.4 Å². The molecule has 0 fully saturated rings. The fourth-order valence-electron chi connectivity index (χ4n) is 2.82. The Kier molecular flexibility index (Phi) is 5.12. The third-order valence-electron chi connectivity index (χ3n) is 3.97. The number of anilines is 1. The van der Waals surface area contributed by atoms with E-state index >= 15 is 0 Å². The molecule has 1 atom stereocenters. The van der Waals surface area contributed by atoms with Gasteiger partial charge in [0.15, 0.2) is 0 Å². The summed E-state index contributed by atoms with van der Waals surface area (Å²) in [4.78, 5) is 12.4.